The molecule has 0 saturated heterocycles. The van der Waals surface area contributed by atoms with Gasteiger partial charge in [0.1, 0.15) is 0 Å². The maximum atomic E-state index is 2.35. The van der Waals surface area contributed by atoms with Gasteiger partial charge >= 0.3 is 0 Å². The lowest BCUT2D eigenvalue weighted by atomic mass is 9.90. The lowest BCUT2D eigenvalue weighted by Gasteiger charge is -2.26. The van der Waals surface area contributed by atoms with Gasteiger partial charge in [-0.3, -0.25) is 0 Å². The van der Waals surface area contributed by atoms with Crippen LogP contribution in [0.1, 0.15) is 0 Å². The van der Waals surface area contributed by atoms with Gasteiger partial charge in [-0.15, -0.1) is 0 Å². The van der Waals surface area contributed by atoms with Gasteiger partial charge in [-0.1, -0.05) is 188 Å². The quantitative estimate of drug-likeness (QED) is 0.151. The number of anilines is 3. The van der Waals surface area contributed by atoms with Crippen molar-refractivity contribution >= 4 is 38.6 Å². The van der Waals surface area contributed by atoms with Crippen molar-refractivity contribution in [1.82, 2.24) is 0 Å². The number of hydrogen-bond donors (Lipinski definition) is 0. The van der Waals surface area contributed by atoms with Crippen molar-refractivity contribution in [1.29, 1.82) is 0 Å². The minimum Gasteiger partial charge on any atom is -0.311 e. The largest absolute Gasteiger partial charge is 0.311 e. The monoisotopic (exact) mass is 725 g/mol. The zero-order valence-corrected chi connectivity index (χ0v) is 31.5. The van der Waals surface area contributed by atoms with Gasteiger partial charge in [0.2, 0.25) is 0 Å². The third kappa shape index (κ3) is 6.77. The first-order valence-corrected chi connectivity index (χ1v) is 19.6. The molecule has 0 aliphatic heterocycles. The van der Waals surface area contributed by atoms with Crippen molar-refractivity contribution < 1.29 is 0 Å². The van der Waals surface area contributed by atoms with Crippen LogP contribution in [0.2, 0.25) is 0 Å². The van der Waals surface area contributed by atoms with Crippen LogP contribution in [0.4, 0.5) is 17.1 Å². The predicted octanol–water partition coefficient (Wildman–Crippen LogP) is 15.8. The Bertz CT molecular complexity index is 2960. The molecule has 268 valence electrons. The standard InChI is InChI=1S/C56H39N/c1-3-12-40(13-4-1)42-24-31-50(32-25-42)57(52-35-28-46(29-36-52)54-21-11-19-44-17-9-10-20-53(44)54)51-33-26-43(27-34-51)48-30-37-55(56(39-48)45-15-5-2-6-16-45)49-23-22-41-14-7-8-18-47(41)38-49/h1-39H. The fraction of sp³-hybridized carbons (Fsp3) is 0. The van der Waals surface area contributed by atoms with E-state index >= 15 is 0 Å². The highest BCUT2D eigenvalue weighted by atomic mass is 15.1. The van der Waals surface area contributed by atoms with E-state index < -0.39 is 0 Å². The molecule has 1 nitrogen and oxygen atoms in total. The zero-order valence-electron chi connectivity index (χ0n) is 31.5. The van der Waals surface area contributed by atoms with Gasteiger partial charge in [-0.2, -0.15) is 0 Å². The van der Waals surface area contributed by atoms with Crippen molar-refractivity contribution in [2.24, 2.45) is 0 Å². The minimum atomic E-state index is 1.10. The van der Waals surface area contributed by atoms with Gasteiger partial charge in [-0.05, 0) is 126 Å². The summed E-state index contributed by atoms with van der Waals surface area (Å²) < 4.78 is 0. The van der Waals surface area contributed by atoms with Crippen molar-refractivity contribution in [3.8, 4) is 55.6 Å². The molecule has 0 unspecified atom stereocenters. The molecule has 1 heteroatoms. The summed E-state index contributed by atoms with van der Waals surface area (Å²) >= 11 is 0. The van der Waals surface area contributed by atoms with Crippen molar-refractivity contribution in [2.75, 3.05) is 4.90 Å². The van der Waals surface area contributed by atoms with Gasteiger partial charge in [0.15, 0.2) is 0 Å². The summed E-state index contributed by atoms with van der Waals surface area (Å²) in [5, 5.41) is 5.01. The average molecular weight is 726 g/mol. The Morgan fingerprint density at radius 2 is 0.667 bits per heavy atom. The second kappa shape index (κ2) is 15.0. The Morgan fingerprint density at radius 3 is 1.33 bits per heavy atom. The summed E-state index contributed by atoms with van der Waals surface area (Å²) in [5.41, 5.74) is 15.4. The maximum absolute atomic E-state index is 2.35. The first-order chi connectivity index (χ1) is 28.2. The number of nitrogens with zero attached hydrogens (tertiary/aromatic N) is 1. The van der Waals surface area contributed by atoms with Gasteiger partial charge in [0, 0.05) is 17.1 Å². The Hall–Kier alpha value is -7.48. The maximum Gasteiger partial charge on any atom is 0.0462 e. The Labute approximate surface area is 334 Å². The van der Waals surface area contributed by atoms with E-state index in [1.165, 1.54) is 77.2 Å². The van der Waals surface area contributed by atoms with Crippen molar-refractivity contribution in [3.63, 3.8) is 0 Å². The fourth-order valence-corrected chi connectivity index (χ4v) is 8.14. The van der Waals surface area contributed by atoms with Gasteiger partial charge in [0.25, 0.3) is 0 Å². The molecule has 0 aliphatic rings. The smallest absolute Gasteiger partial charge is 0.0462 e. The van der Waals surface area contributed by atoms with Crippen LogP contribution in [0.3, 0.4) is 0 Å². The zero-order chi connectivity index (χ0) is 38.0. The number of benzene rings is 10. The molecule has 0 radical (unpaired) electrons. The SMILES string of the molecule is c1ccc(-c2ccc(N(c3ccc(-c4ccc(-c5ccc6ccccc6c5)c(-c5ccccc5)c4)cc3)c3ccc(-c4cccc5ccccc45)cc3)cc2)cc1. The summed E-state index contributed by atoms with van der Waals surface area (Å²) in [4.78, 5) is 2.35. The van der Waals surface area contributed by atoms with Crippen molar-refractivity contribution in [2.45, 2.75) is 0 Å². The van der Waals surface area contributed by atoms with Crippen LogP contribution in [0.25, 0.3) is 77.2 Å². The predicted molar refractivity (Wildman–Crippen MR) is 243 cm³/mol. The molecule has 0 fully saturated rings. The molecule has 0 saturated carbocycles. The molecule has 0 aliphatic carbocycles. The van der Waals surface area contributed by atoms with Crippen LogP contribution < -0.4 is 4.90 Å². The fourth-order valence-electron chi connectivity index (χ4n) is 8.14. The summed E-state index contributed by atoms with van der Waals surface area (Å²) in [6.45, 7) is 0. The molecule has 0 spiro atoms. The molecule has 0 N–H and O–H groups in total. The molecule has 0 heterocycles. The van der Waals surface area contributed by atoms with Gasteiger partial charge < -0.3 is 4.90 Å². The van der Waals surface area contributed by atoms with Gasteiger partial charge in [0.05, 0.1) is 0 Å². The normalized spacial score (nSPS) is 11.2. The Kier molecular flexibility index (Phi) is 8.95. The number of fused-ring (bicyclic) bond motifs is 2. The van der Waals surface area contributed by atoms with Crippen LogP contribution in [0.15, 0.2) is 237 Å². The van der Waals surface area contributed by atoms with E-state index in [-0.39, 0.29) is 0 Å². The highest BCUT2D eigenvalue weighted by Crippen LogP contribution is 2.40. The molecule has 0 aromatic heterocycles. The van der Waals surface area contributed by atoms with Crippen LogP contribution in [0.5, 0.6) is 0 Å². The summed E-state index contributed by atoms with van der Waals surface area (Å²) in [7, 11) is 0. The molecule has 0 amide bonds. The molecular weight excluding hydrogens is 687 g/mol. The molecular formula is C56H39N. The van der Waals surface area contributed by atoms with Gasteiger partial charge in [-0.25, -0.2) is 0 Å². The van der Waals surface area contributed by atoms with E-state index in [1.54, 1.807) is 0 Å². The van der Waals surface area contributed by atoms with E-state index in [2.05, 4.69) is 241 Å². The second-order valence-corrected chi connectivity index (χ2v) is 14.6. The van der Waals surface area contributed by atoms with Crippen LogP contribution >= 0.6 is 0 Å². The second-order valence-electron chi connectivity index (χ2n) is 14.6. The third-order valence-corrected chi connectivity index (χ3v) is 11.1. The van der Waals surface area contributed by atoms with E-state index in [9.17, 15) is 0 Å². The summed E-state index contributed by atoms with van der Waals surface area (Å²) in [6, 6.07) is 85.6. The molecule has 10 aromatic rings. The van der Waals surface area contributed by atoms with Crippen molar-refractivity contribution in [3.05, 3.63) is 237 Å². The average Bonchev–Trinajstić information content (AvgIpc) is 3.30. The van der Waals surface area contributed by atoms with Crippen LogP contribution in [-0.2, 0) is 0 Å². The van der Waals surface area contributed by atoms with E-state index in [1.807, 2.05) is 0 Å². The highest BCUT2D eigenvalue weighted by molar-refractivity contribution is 5.97. The first-order valence-electron chi connectivity index (χ1n) is 19.6. The summed E-state index contributed by atoms with van der Waals surface area (Å²) in [6.07, 6.45) is 0. The first kappa shape index (κ1) is 34.0. The van der Waals surface area contributed by atoms with E-state index in [0.29, 0.717) is 0 Å². The minimum absolute atomic E-state index is 1.10. The van der Waals surface area contributed by atoms with E-state index in [4.69, 9.17) is 0 Å². The van der Waals surface area contributed by atoms with Crippen LogP contribution in [-0.4, -0.2) is 0 Å². The Morgan fingerprint density at radius 1 is 0.211 bits per heavy atom. The molecule has 0 atom stereocenters. The van der Waals surface area contributed by atoms with Crippen LogP contribution in [0, 0.1) is 0 Å². The molecule has 10 aromatic carbocycles. The number of rotatable bonds is 8. The Balaban J connectivity index is 1.03. The lowest BCUT2D eigenvalue weighted by molar-refractivity contribution is 1.28. The highest BCUT2D eigenvalue weighted by Gasteiger charge is 2.16. The molecule has 57 heavy (non-hydrogen) atoms. The van der Waals surface area contributed by atoms with E-state index in [0.717, 1.165) is 17.1 Å². The number of hydrogen-bond acceptors (Lipinski definition) is 1. The topological polar surface area (TPSA) is 3.24 Å². The summed E-state index contributed by atoms with van der Waals surface area (Å²) in [5.74, 6) is 0. The lowest BCUT2D eigenvalue weighted by Crippen LogP contribution is -2.09. The molecule has 10 rings (SSSR count). The third-order valence-electron chi connectivity index (χ3n) is 11.1. The molecule has 0 bridgehead atoms.